The lowest BCUT2D eigenvalue weighted by molar-refractivity contribution is -0.00501. The van der Waals surface area contributed by atoms with Crippen LogP contribution in [0.3, 0.4) is 0 Å². The summed E-state index contributed by atoms with van der Waals surface area (Å²) < 4.78 is 11.7. The molecule has 2 aliphatic rings. The minimum Gasteiger partial charge on any atom is -0.489 e. The van der Waals surface area contributed by atoms with Crippen LogP contribution in [0, 0.1) is 23.2 Å². The van der Waals surface area contributed by atoms with Crippen LogP contribution in [0.5, 0.6) is 5.75 Å². The largest absolute Gasteiger partial charge is 0.489 e. The monoisotopic (exact) mass is 356 g/mol. The van der Waals surface area contributed by atoms with E-state index in [1.165, 1.54) is 0 Å². The second-order valence-corrected chi connectivity index (χ2v) is 8.40. The van der Waals surface area contributed by atoms with Crippen molar-refractivity contribution in [1.82, 2.24) is 4.90 Å². The van der Waals surface area contributed by atoms with E-state index in [1.54, 1.807) is 6.07 Å². The molecule has 5 heteroatoms. The lowest BCUT2D eigenvalue weighted by Gasteiger charge is -2.43. The number of amides is 1. The third kappa shape index (κ3) is 4.49. The van der Waals surface area contributed by atoms with E-state index in [0.717, 1.165) is 38.8 Å². The van der Waals surface area contributed by atoms with Gasteiger partial charge in [0.2, 0.25) is 0 Å². The number of nitrogens with zero attached hydrogens (tertiary/aromatic N) is 2. The van der Waals surface area contributed by atoms with Gasteiger partial charge >= 0.3 is 6.09 Å². The highest BCUT2D eigenvalue weighted by Crippen LogP contribution is 2.38. The summed E-state index contributed by atoms with van der Waals surface area (Å²) in [5.41, 5.74) is 0.141. The number of fused-ring (bicyclic) bond motifs is 1. The minimum atomic E-state index is -0.451. The van der Waals surface area contributed by atoms with Crippen molar-refractivity contribution in [3.05, 3.63) is 29.8 Å². The number of hydrogen-bond donors (Lipinski definition) is 0. The number of nitriles is 1. The fourth-order valence-corrected chi connectivity index (χ4v) is 4.01. The first kappa shape index (κ1) is 18.6. The van der Waals surface area contributed by atoms with Crippen molar-refractivity contribution in [3.8, 4) is 11.8 Å². The molecule has 5 nitrogen and oxygen atoms in total. The molecule has 0 bridgehead atoms. The molecule has 1 aromatic carbocycles. The molecule has 0 aromatic heterocycles. The number of hydrogen-bond acceptors (Lipinski definition) is 4. The molecule has 1 aromatic rings. The fourth-order valence-electron chi connectivity index (χ4n) is 4.01. The van der Waals surface area contributed by atoms with Gasteiger partial charge in [-0.3, -0.25) is 0 Å². The number of benzene rings is 1. The molecule has 3 atom stereocenters. The third-order valence-electron chi connectivity index (χ3n) is 5.27. The van der Waals surface area contributed by atoms with Crippen LogP contribution in [0.25, 0.3) is 0 Å². The van der Waals surface area contributed by atoms with Gasteiger partial charge in [-0.05, 0) is 70.4 Å². The molecule has 1 aliphatic heterocycles. The summed E-state index contributed by atoms with van der Waals surface area (Å²) in [4.78, 5) is 14.2. The molecule has 0 N–H and O–H groups in total. The van der Waals surface area contributed by atoms with Crippen molar-refractivity contribution in [2.24, 2.45) is 11.8 Å². The number of piperidine rings is 1. The van der Waals surface area contributed by atoms with Crippen molar-refractivity contribution in [2.75, 3.05) is 13.1 Å². The summed E-state index contributed by atoms with van der Waals surface area (Å²) in [6, 6.07) is 9.62. The summed E-state index contributed by atoms with van der Waals surface area (Å²) in [7, 11) is 0. The van der Waals surface area contributed by atoms with E-state index in [2.05, 4.69) is 6.07 Å². The van der Waals surface area contributed by atoms with Crippen LogP contribution in [0.2, 0.25) is 0 Å². The second-order valence-electron chi connectivity index (χ2n) is 8.40. The van der Waals surface area contributed by atoms with Crippen LogP contribution < -0.4 is 4.74 Å². The predicted octanol–water partition coefficient (Wildman–Crippen LogP) is 4.36. The van der Waals surface area contributed by atoms with Crippen LogP contribution in [-0.4, -0.2) is 35.8 Å². The van der Waals surface area contributed by atoms with E-state index in [4.69, 9.17) is 9.47 Å². The smallest absolute Gasteiger partial charge is 0.410 e. The van der Waals surface area contributed by atoms with Crippen molar-refractivity contribution in [1.29, 1.82) is 5.26 Å². The van der Waals surface area contributed by atoms with Gasteiger partial charge in [0.05, 0.1) is 11.7 Å². The summed E-state index contributed by atoms with van der Waals surface area (Å²) in [6.07, 6.45) is 3.94. The Morgan fingerprint density at radius 3 is 2.69 bits per heavy atom. The van der Waals surface area contributed by atoms with Gasteiger partial charge in [0.1, 0.15) is 17.4 Å². The topological polar surface area (TPSA) is 62.6 Å². The van der Waals surface area contributed by atoms with E-state index < -0.39 is 5.60 Å². The van der Waals surface area contributed by atoms with Crippen LogP contribution in [0.1, 0.15) is 52.0 Å². The maximum atomic E-state index is 12.3. The molecule has 26 heavy (non-hydrogen) atoms. The quantitative estimate of drug-likeness (QED) is 0.790. The predicted molar refractivity (Wildman–Crippen MR) is 98.8 cm³/mol. The van der Waals surface area contributed by atoms with E-state index in [-0.39, 0.29) is 12.2 Å². The number of rotatable bonds is 2. The lowest BCUT2D eigenvalue weighted by atomic mass is 9.74. The van der Waals surface area contributed by atoms with Crippen molar-refractivity contribution >= 4 is 6.09 Å². The van der Waals surface area contributed by atoms with Gasteiger partial charge in [0, 0.05) is 13.1 Å². The molecule has 0 spiro atoms. The van der Waals surface area contributed by atoms with Crippen molar-refractivity contribution in [3.63, 3.8) is 0 Å². The average Bonchev–Trinajstić information content (AvgIpc) is 2.60. The number of likely N-dealkylation sites (tertiary alicyclic amines) is 1. The number of carbonyl (C=O) groups is 1. The lowest BCUT2D eigenvalue weighted by Crippen LogP contribution is -2.48. The molecular weight excluding hydrogens is 328 g/mol. The molecule has 1 saturated heterocycles. The average molecular weight is 356 g/mol. The highest BCUT2D eigenvalue weighted by atomic mass is 16.6. The summed E-state index contributed by atoms with van der Waals surface area (Å²) >= 11 is 0. The number of carbonyl (C=O) groups excluding carboxylic acids is 1. The van der Waals surface area contributed by atoms with E-state index in [1.807, 2.05) is 43.9 Å². The van der Waals surface area contributed by atoms with Crippen molar-refractivity contribution in [2.45, 2.75) is 58.2 Å². The normalized spacial score (nSPS) is 25.8. The van der Waals surface area contributed by atoms with Gasteiger partial charge in [0.25, 0.3) is 0 Å². The molecule has 3 rings (SSSR count). The summed E-state index contributed by atoms with van der Waals surface area (Å²) in [6.45, 7) is 7.23. The van der Waals surface area contributed by atoms with Gasteiger partial charge in [-0.1, -0.05) is 12.1 Å². The Hall–Kier alpha value is -2.22. The Bertz CT molecular complexity index is 689. The van der Waals surface area contributed by atoms with E-state index >= 15 is 0 Å². The highest BCUT2D eigenvalue weighted by Gasteiger charge is 2.38. The molecule has 0 radical (unpaired) electrons. The van der Waals surface area contributed by atoms with Gasteiger partial charge < -0.3 is 14.4 Å². The van der Waals surface area contributed by atoms with Crippen molar-refractivity contribution < 1.29 is 14.3 Å². The number of ether oxygens (including phenoxy) is 2. The zero-order valence-corrected chi connectivity index (χ0v) is 15.9. The second kappa shape index (κ2) is 7.57. The molecule has 1 aliphatic carbocycles. The third-order valence-corrected chi connectivity index (χ3v) is 5.27. The van der Waals surface area contributed by atoms with Crippen LogP contribution >= 0.6 is 0 Å². The first-order chi connectivity index (χ1) is 12.4. The van der Waals surface area contributed by atoms with Gasteiger partial charge in [-0.2, -0.15) is 5.26 Å². The molecule has 140 valence electrons. The Labute approximate surface area is 155 Å². The van der Waals surface area contributed by atoms with Gasteiger partial charge in [-0.25, -0.2) is 4.79 Å². The van der Waals surface area contributed by atoms with Gasteiger partial charge in [-0.15, -0.1) is 0 Å². The zero-order valence-electron chi connectivity index (χ0n) is 15.9. The maximum Gasteiger partial charge on any atom is 0.410 e. The Balaban J connectivity index is 1.55. The van der Waals surface area contributed by atoms with E-state index in [0.29, 0.717) is 23.1 Å². The van der Waals surface area contributed by atoms with E-state index in [9.17, 15) is 10.1 Å². The first-order valence-electron chi connectivity index (χ1n) is 9.49. The number of para-hydroxylation sites is 1. The Morgan fingerprint density at radius 1 is 1.19 bits per heavy atom. The molecule has 1 amide bonds. The Morgan fingerprint density at radius 2 is 1.96 bits per heavy atom. The SMILES string of the molecule is CC(C)(C)OC(=O)N1CCC2CC(Oc3ccccc3C#N)CCC2C1. The Kier molecular flexibility index (Phi) is 5.41. The molecule has 1 saturated carbocycles. The summed E-state index contributed by atoms with van der Waals surface area (Å²) in [5, 5.41) is 9.22. The van der Waals surface area contributed by atoms with Gasteiger partial charge in [0.15, 0.2) is 0 Å². The van der Waals surface area contributed by atoms with Crippen LogP contribution in [-0.2, 0) is 4.74 Å². The zero-order chi connectivity index (χ0) is 18.7. The maximum absolute atomic E-state index is 12.3. The molecule has 3 unspecified atom stereocenters. The van der Waals surface area contributed by atoms with Crippen LogP contribution in [0.4, 0.5) is 4.79 Å². The summed E-state index contributed by atoms with van der Waals surface area (Å²) in [5.74, 6) is 1.77. The minimum absolute atomic E-state index is 0.152. The van der Waals surface area contributed by atoms with Crippen LogP contribution in [0.15, 0.2) is 24.3 Å². The fraction of sp³-hybridized carbons (Fsp3) is 0.619. The molecule has 1 heterocycles. The molecular formula is C21H28N2O3. The standard InChI is InChI=1S/C21H28N2O3/c1-21(2,3)26-20(24)23-11-10-15-12-18(9-8-17(15)14-23)25-19-7-5-4-6-16(19)13-22/h4-7,15,17-18H,8-12,14H2,1-3H3. The highest BCUT2D eigenvalue weighted by molar-refractivity contribution is 5.68. The molecule has 2 fully saturated rings. The first-order valence-corrected chi connectivity index (χ1v) is 9.49.